The Hall–Kier alpha value is -2.42. The van der Waals surface area contributed by atoms with Crippen molar-refractivity contribution in [3.8, 4) is 5.75 Å². The zero-order valence-electron chi connectivity index (χ0n) is 16.9. The van der Waals surface area contributed by atoms with Crippen LogP contribution in [0.25, 0.3) is 0 Å². The summed E-state index contributed by atoms with van der Waals surface area (Å²) in [5.41, 5.74) is 2.61. The molecule has 0 fully saturated rings. The number of anilines is 1. The van der Waals surface area contributed by atoms with Gasteiger partial charge in [0.1, 0.15) is 5.75 Å². The maximum atomic E-state index is 12.5. The van der Waals surface area contributed by atoms with E-state index in [0.29, 0.717) is 18.0 Å². The Morgan fingerprint density at radius 2 is 1.71 bits per heavy atom. The Bertz CT molecular complexity index is 925. The second-order valence-corrected chi connectivity index (χ2v) is 9.01. The third kappa shape index (κ3) is 5.54. The first-order valence-electron chi connectivity index (χ1n) is 8.78. The first-order valence-corrected chi connectivity index (χ1v) is 10.2. The minimum Gasteiger partial charge on any atom is -0.495 e. The zero-order valence-corrected chi connectivity index (χ0v) is 17.7. The summed E-state index contributed by atoms with van der Waals surface area (Å²) in [7, 11) is 2.62. The Morgan fingerprint density at radius 1 is 1.07 bits per heavy atom. The predicted molar refractivity (Wildman–Crippen MR) is 110 cm³/mol. The largest absolute Gasteiger partial charge is 0.495 e. The van der Waals surface area contributed by atoms with Crippen molar-refractivity contribution in [2.24, 2.45) is 0 Å². The monoisotopic (exact) mass is 405 g/mol. The topological polar surface area (TPSA) is 79.0 Å². The molecule has 2 rings (SSSR count). The molecule has 0 saturated carbocycles. The molecule has 0 spiro atoms. The van der Waals surface area contributed by atoms with Crippen molar-refractivity contribution in [1.29, 1.82) is 0 Å². The predicted octanol–water partition coefficient (Wildman–Crippen LogP) is 2.32. The third-order valence-corrected chi connectivity index (χ3v) is 6.02. The summed E-state index contributed by atoms with van der Waals surface area (Å²) in [6.07, 6.45) is 0. The van der Waals surface area contributed by atoms with E-state index in [1.165, 1.54) is 45.0 Å². The van der Waals surface area contributed by atoms with Crippen LogP contribution in [-0.4, -0.2) is 58.3 Å². The van der Waals surface area contributed by atoms with Crippen molar-refractivity contribution in [3.63, 3.8) is 0 Å². The molecule has 0 bridgehead atoms. The summed E-state index contributed by atoms with van der Waals surface area (Å²) in [6.45, 7) is 2.81. The maximum Gasteiger partial charge on any atom is 0.242 e. The van der Waals surface area contributed by atoms with Gasteiger partial charge in [0.25, 0.3) is 0 Å². The van der Waals surface area contributed by atoms with E-state index in [4.69, 9.17) is 4.74 Å². The molecule has 28 heavy (non-hydrogen) atoms. The van der Waals surface area contributed by atoms with Crippen LogP contribution in [0.4, 0.5) is 5.69 Å². The van der Waals surface area contributed by atoms with Crippen LogP contribution in [0, 0.1) is 6.92 Å². The fourth-order valence-corrected chi connectivity index (χ4v) is 3.58. The van der Waals surface area contributed by atoms with Crippen molar-refractivity contribution in [1.82, 2.24) is 9.21 Å². The first-order chi connectivity index (χ1) is 13.1. The maximum absolute atomic E-state index is 12.5. The average Bonchev–Trinajstić information content (AvgIpc) is 2.63. The number of methoxy groups -OCH3 is 1. The summed E-state index contributed by atoms with van der Waals surface area (Å²) in [6, 6.07) is 12.5. The number of rotatable bonds is 8. The molecule has 8 heteroatoms. The van der Waals surface area contributed by atoms with Gasteiger partial charge in [0.2, 0.25) is 15.9 Å². The van der Waals surface area contributed by atoms with Gasteiger partial charge in [-0.2, -0.15) is 0 Å². The van der Waals surface area contributed by atoms with Crippen LogP contribution in [0.15, 0.2) is 47.4 Å². The summed E-state index contributed by atoms with van der Waals surface area (Å²) in [4.78, 5) is 14.4. The van der Waals surface area contributed by atoms with Gasteiger partial charge in [-0.15, -0.1) is 0 Å². The molecule has 0 heterocycles. The van der Waals surface area contributed by atoms with Crippen LogP contribution >= 0.6 is 0 Å². The molecule has 0 aliphatic carbocycles. The Balaban J connectivity index is 2.10. The van der Waals surface area contributed by atoms with E-state index in [9.17, 15) is 13.2 Å². The highest BCUT2D eigenvalue weighted by Gasteiger charge is 2.20. The average molecular weight is 406 g/mol. The van der Waals surface area contributed by atoms with Crippen LogP contribution in [0.5, 0.6) is 5.75 Å². The molecular formula is C20H27N3O4S. The number of hydrogen-bond acceptors (Lipinski definition) is 5. The second kappa shape index (κ2) is 9.18. The van der Waals surface area contributed by atoms with Gasteiger partial charge < -0.3 is 10.1 Å². The smallest absolute Gasteiger partial charge is 0.242 e. The lowest BCUT2D eigenvalue weighted by Crippen LogP contribution is -2.30. The molecule has 0 unspecified atom stereocenters. The summed E-state index contributed by atoms with van der Waals surface area (Å²) >= 11 is 0. The Kier molecular flexibility index (Phi) is 7.17. The molecule has 0 saturated heterocycles. The van der Waals surface area contributed by atoms with Crippen molar-refractivity contribution in [2.45, 2.75) is 18.4 Å². The lowest BCUT2D eigenvalue weighted by atomic mass is 10.1. The van der Waals surface area contributed by atoms with Crippen molar-refractivity contribution < 1.29 is 17.9 Å². The van der Waals surface area contributed by atoms with Crippen LogP contribution in [0.2, 0.25) is 0 Å². The highest BCUT2D eigenvalue weighted by Crippen LogP contribution is 2.28. The number of nitrogens with zero attached hydrogens (tertiary/aromatic N) is 2. The molecule has 1 amide bonds. The highest BCUT2D eigenvalue weighted by molar-refractivity contribution is 7.89. The van der Waals surface area contributed by atoms with E-state index < -0.39 is 10.0 Å². The summed E-state index contributed by atoms with van der Waals surface area (Å²) in [5.74, 6) is 0.138. The number of hydrogen-bond donors (Lipinski definition) is 1. The number of benzene rings is 2. The number of ether oxygens (including phenoxy) is 1. The normalized spacial score (nSPS) is 11.7. The SMILES string of the molecule is COc1ccc(S(=O)(=O)N(C)C)cc1NC(=O)CN(C)Cc1ccc(C)cc1. The number of carbonyl (C=O) groups is 1. The van der Waals surface area contributed by atoms with E-state index in [2.05, 4.69) is 5.32 Å². The van der Waals surface area contributed by atoms with E-state index in [1.807, 2.05) is 43.1 Å². The van der Waals surface area contributed by atoms with E-state index in [1.54, 1.807) is 0 Å². The molecule has 2 aromatic rings. The van der Waals surface area contributed by atoms with Gasteiger partial charge >= 0.3 is 0 Å². The van der Waals surface area contributed by atoms with Crippen LogP contribution < -0.4 is 10.1 Å². The van der Waals surface area contributed by atoms with E-state index >= 15 is 0 Å². The van der Waals surface area contributed by atoms with Crippen LogP contribution in [-0.2, 0) is 21.4 Å². The molecule has 0 aliphatic heterocycles. The molecule has 7 nitrogen and oxygen atoms in total. The number of nitrogens with one attached hydrogen (secondary N) is 1. The van der Waals surface area contributed by atoms with Gasteiger partial charge in [0.05, 0.1) is 24.2 Å². The molecule has 152 valence electrons. The molecule has 1 N–H and O–H groups in total. The van der Waals surface area contributed by atoms with E-state index in [0.717, 1.165) is 9.87 Å². The highest BCUT2D eigenvalue weighted by atomic mass is 32.2. The van der Waals surface area contributed by atoms with Gasteiger partial charge in [0.15, 0.2) is 0 Å². The quantitative estimate of drug-likeness (QED) is 0.729. The summed E-state index contributed by atoms with van der Waals surface area (Å²) in [5, 5.41) is 2.75. The lowest BCUT2D eigenvalue weighted by molar-refractivity contribution is -0.117. The van der Waals surface area contributed by atoms with Crippen molar-refractivity contribution in [3.05, 3.63) is 53.6 Å². The van der Waals surface area contributed by atoms with Gasteiger partial charge in [-0.3, -0.25) is 9.69 Å². The number of carbonyl (C=O) groups excluding carboxylic acids is 1. The zero-order chi connectivity index (χ0) is 20.9. The molecular weight excluding hydrogens is 378 g/mol. The minimum absolute atomic E-state index is 0.0848. The third-order valence-electron chi connectivity index (χ3n) is 4.21. The number of likely N-dealkylation sites (N-methyl/N-ethyl adjacent to an activating group) is 1. The Morgan fingerprint density at radius 3 is 2.29 bits per heavy atom. The van der Waals surface area contributed by atoms with Gasteiger partial charge in [0, 0.05) is 20.6 Å². The molecule has 0 atom stereocenters. The van der Waals surface area contributed by atoms with Crippen LogP contribution in [0.1, 0.15) is 11.1 Å². The van der Waals surface area contributed by atoms with Crippen molar-refractivity contribution >= 4 is 21.6 Å². The number of sulfonamides is 1. The standard InChI is InChI=1S/C20H27N3O4S/c1-15-6-8-16(9-7-15)13-23(4)14-20(24)21-18-12-17(10-11-19(18)27-5)28(25,26)22(2)3/h6-12H,13-14H2,1-5H3,(H,21,24). The fourth-order valence-electron chi connectivity index (χ4n) is 2.65. The molecule has 0 radical (unpaired) electrons. The summed E-state index contributed by atoms with van der Waals surface area (Å²) < 4.78 is 31.0. The van der Waals surface area contributed by atoms with Crippen LogP contribution in [0.3, 0.4) is 0 Å². The van der Waals surface area contributed by atoms with Crippen molar-refractivity contribution in [2.75, 3.05) is 40.1 Å². The minimum atomic E-state index is -3.61. The lowest BCUT2D eigenvalue weighted by Gasteiger charge is -2.18. The fraction of sp³-hybridized carbons (Fsp3) is 0.350. The molecule has 0 aromatic heterocycles. The Labute approximate surface area is 167 Å². The second-order valence-electron chi connectivity index (χ2n) is 6.86. The number of amides is 1. The van der Waals surface area contributed by atoms with Gasteiger partial charge in [-0.25, -0.2) is 12.7 Å². The van der Waals surface area contributed by atoms with E-state index in [-0.39, 0.29) is 17.3 Å². The van der Waals surface area contributed by atoms with Gasteiger partial charge in [-0.1, -0.05) is 29.8 Å². The molecule has 0 aliphatic rings. The first kappa shape index (κ1) is 21.9. The number of aryl methyl sites for hydroxylation is 1. The molecule has 2 aromatic carbocycles. The van der Waals surface area contributed by atoms with Gasteiger partial charge in [-0.05, 0) is 37.7 Å².